The molecule has 2 rings (SSSR count). The number of nitrogens with zero attached hydrogens (tertiary/aromatic N) is 3. The number of rotatable bonds is 6. The molecule has 0 unspecified atom stereocenters. The van der Waals surface area contributed by atoms with Gasteiger partial charge in [0.1, 0.15) is 10.0 Å². The van der Waals surface area contributed by atoms with Crippen molar-refractivity contribution in [2.24, 2.45) is 0 Å². The number of anilines is 1. The summed E-state index contributed by atoms with van der Waals surface area (Å²) in [5.41, 5.74) is 1.97. The Morgan fingerprint density at radius 3 is 2.82 bits per heavy atom. The molecule has 0 atom stereocenters. The van der Waals surface area contributed by atoms with Crippen molar-refractivity contribution in [3.63, 3.8) is 0 Å². The summed E-state index contributed by atoms with van der Waals surface area (Å²) < 4.78 is 0. The lowest BCUT2D eigenvalue weighted by Gasteiger charge is -2.17. The summed E-state index contributed by atoms with van der Waals surface area (Å²) in [6.07, 6.45) is 6.12. The Balaban J connectivity index is 2.34. The highest BCUT2D eigenvalue weighted by atomic mass is 32.2. The lowest BCUT2D eigenvalue weighted by molar-refractivity contribution is -0.117. The van der Waals surface area contributed by atoms with E-state index < -0.39 is 0 Å². The van der Waals surface area contributed by atoms with Gasteiger partial charge in [0.25, 0.3) is 0 Å². The van der Waals surface area contributed by atoms with Crippen LogP contribution in [0.5, 0.6) is 0 Å². The Kier molecular flexibility index (Phi) is 5.97. The largest absolute Gasteiger partial charge is 0.305 e. The SMILES string of the molecule is CSCCC(=O)N(C)c1sc(-c2cccnc2)nc1C(C)C. The van der Waals surface area contributed by atoms with E-state index in [9.17, 15) is 4.79 Å². The summed E-state index contributed by atoms with van der Waals surface area (Å²) in [5.74, 6) is 1.25. The first kappa shape index (κ1) is 17.0. The number of pyridine rings is 1. The van der Waals surface area contributed by atoms with E-state index in [0.717, 1.165) is 27.0 Å². The topological polar surface area (TPSA) is 46.1 Å². The molecule has 0 N–H and O–H groups in total. The highest BCUT2D eigenvalue weighted by Gasteiger charge is 2.21. The summed E-state index contributed by atoms with van der Waals surface area (Å²) in [7, 11) is 1.84. The second-order valence-corrected chi connectivity index (χ2v) is 7.26. The quantitative estimate of drug-likeness (QED) is 0.799. The number of carbonyl (C=O) groups is 1. The van der Waals surface area contributed by atoms with E-state index in [1.807, 2.05) is 31.6 Å². The fourth-order valence-electron chi connectivity index (χ4n) is 2.02. The van der Waals surface area contributed by atoms with E-state index in [1.54, 1.807) is 34.2 Å². The highest BCUT2D eigenvalue weighted by Crippen LogP contribution is 2.37. The molecule has 118 valence electrons. The summed E-state index contributed by atoms with van der Waals surface area (Å²) in [4.78, 5) is 22.9. The normalized spacial score (nSPS) is 11.0. The Morgan fingerprint density at radius 1 is 1.45 bits per heavy atom. The minimum atomic E-state index is 0.137. The first-order valence-corrected chi connectivity index (χ1v) is 9.42. The number of hydrogen-bond donors (Lipinski definition) is 0. The molecule has 0 saturated carbocycles. The fraction of sp³-hybridized carbons (Fsp3) is 0.438. The minimum Gasteiger partial charge on any atom is -0.305 e. The van der Waals surface area contributed by atoms with Crippen molar-refractivity contribution in [2.45, 2.75) is 26.2 Å². The van der Waals surface area contributed by atoms with Crippen LogP contribution in [0.1, 0.15) is 31.9 Å². The van der Waals surface area contributed by atoms with Crippen molar-refractivity contribution in [3.05, 3.63) is 30.2 Å². The molecule has 2 aromatic rings. The third-order valence-electron chi connectivity index (χ3n) is 3.29. The number of amides is 1. The van der Waals surface area contributed by atoms with Crippen molar-refractivity contribution in [1.82, 2.24) is 9.97 Å². The van der Waals surface area contributed by atoms with Gasteiger partial charge in [0, 0.05) is 37.2 Å². The Morgan fingerprint density at radius 2 is 2.23 bits per heavy atom. The van der Waals surface area contributed by atoms with Gasteiger partial charge in [0.05, 0.1) is 5.69 Å². The molecule has 0 aromatic carbocycles. The number of carbonyl (C=O) groups excluding carboxylic acids is 1. The van der Waals surface area contributed by atoms with Gasteiger partial charge in [0.2, 0.25) is 5.91 Å². The lowest BCUT2D eigenvalue weighted by Crippen LogP contribution is -2.26. The van der Waals surface area contributed by atoms with Crippen LogP contribution in [0.25, 0.3) is 10.6 Å². The number of thioether (sulfide) groups is 1. The molecule has 22 heavy (non-hydrogen) atoms. The first-order chi connectivity index (χ1) is 10.5. The molecule has 0 spiro atoms. The van der Waals surface area contributed by atoms with E-state index in [-0.39, 0.29) is 11.8 Å². The van der Waals surface area contributed by atoms with E-state index >= 15 is 0 Å². The molecule has 0 aliphatic rings. The molecule has 0 fully saturated rings. The summed E-state index contributed by atoms with van der Waals surface area (Å²) in [6, 6.07) is 3.90. The summed E-state index contributed by atoms with van der Waals surface area (Å²) in [5, 5.41) is 1.86. The average molecular weight is 335 g/mol. The van der Waals surface area contributed by atoms with Gasteiger partial charge in [-0.2, -0.15) is 11.8 Å². The van der Waals surface area contributed by atoms with Crippen LogP contribution in [-0.2, 0) is 4.79 Å². The van der Waals surface area contributed by atoms with Gasteiger partial charge in [0.15, 0.2) is 0 Å². The zero-order chi connectivity index (χ0) is 16.1. The second kappa shape index (κ2) is 7.74. The van der Waals surface area contributed by atoms with Crippen LogP contribution in [0.4, 0.5) is 5.00 Å². The van der Waals surface area contributed by atoms with Crippen molar-refractivity contribution in [1.29, 1.82) is 0 Å². The van der Waals surface area contributed by atoms with Crippen LogP contribution in [0.15, 0.2) is 24.5 Å². The molecular weight excluding hydrogens is 314 g/mol. The third kappa shape index (κ3) is 3.87. The maximum Gasteiger partial charge on any atom is 0.228 e. The molecule has 0 aliphatic carbocycles. The zero-order valence-corrected chi connectivity index (χ0v) is 15.0. The van der Waals surface area contributed by atoms with Crippen molar-refractivity contribution < 1.29 is 4.79 Å². The van der Waals surface area contributed by atoms with Gasteiger partial charge in [-0.3, -0.25) is 9.78 Å². The van der Waals surface area contributed by atoms with Crippen LogP contribution in [0.3, 0.4) is 0 Å². The fourth-order valence-corrected chi connectivity index (χ4v) is 3.59. The molecule has 1 amide bonds. The van der Waals surface area contributed by atoms with Crippen LogP contribution in [-0.4, -0.2) is 34.9 Å². The Labute approximate surface area is 140 Å². The maximum absolute atomic E-state index is 12.3. The molecule has 0 saturated heterocycles. The van der Waals surface area contributed by atoms with Crippen LogP contribution in [0, 0.1) is 0 Å². The zero-order valence-electron chi connectivity index (χ0n) is 13.4. The molecule has 6 heteroatoms. The monoisotopic (exact) mass is 335 g/mol. The Bertz CT molecular complexity index is 626. The van der Waals surface area contributed by atoms with Gasteiger partial charge in [-0.15, -0.1) is 0 Å². The molecule has 4 nitrogen and oxygen atoms in total. The Hall–Kier alpha value is -1.40. The lowest BCUT2D eigenvalue weighted by atomic mass is 10.1. The predicted molar refractivity (Wildman–Crippen MR) is 95.8 cm³/mol. The van der Waals surface area contributed by atoms with E-state index in [2.05, 4.69) is 18.8 Å². The smallest absolute Gasteiger partial charge is 0.228 e. The van der Waals surface area contributed by atoms with Crippen molar-refractivity contribution in [3.8, 4) is 10.6 Å². The first-order valence-electron chi connectivity index (χ1n) is 7.21. The van der Waals surface area contributed by atoms with Gasteiger partial charge in [-0.1, -0.05) is 25.2 Å². The van der Waals surface area contributed by atoms with Gasteiger partial charge < -0.3 is 4.90 Å². The molecule has 2 aromatic heterocycles. The van der Waals surface area contributed by atoms with Crippen molar-refractivity contribution >= 4 is 34.0 Å². The number of thiazole rings is 1. The van der Waals surface area contributed by atoms with E-state index in [1.165, 1.54) is 0 Å². The van der Waals surface area contributed by atoms with Crippen LogP contribution < -0.4 is 4.90 Å². The minimum absolute atomic E-state index is 0.137. The molecular formula is C16H21N3OS2. The second-order valence-electron chi connectivity index (χ2n) is 5.30. The van der Waals surface area contributed by atoms with Gasteiger partial charge in [-0.05, 0) is 24.3 Å². The van der Waals surface area contributed by atoms with Crippen molar-refractivity contribution in [2.75, 3.05) is 24.0 Å². The maximum atomic E-state index is 12.3. The molecule has 0 radical (unpaired) electrons. The summed E-state index contributed by atoms with van der Waals surface area (Å²) >= 11 is 3.25. The van der Waals surface area contributed by atoms with E-state index in [0.29, 0.717) is 6.42 Å². The molecule has 2 heterocycles. The molecule has 0 bridgehead atoms. The number of hydrogen-bond acceptors (Lipinski definition) is 5. The standard InChI is InChI=1S/C16H21N3OS2/c1-11(2)14-16(19(3)13(20)7-9-21-4)22-15(18-14)12-6-5-8-17-10-12/h5-6,8,10-11H,7,9H2,1-4H3. The third-order valence-corrected chi connectivity index (χ3v) is 5.10. The highest BCUT2D eigenvalue weighted by molar-refractivity contribution is 7.98. The number of aromatic nitrogens is 2. The van der Waals surface area contributed by atoms with Crippen LogP contribution >= 0.6 is 23.1 Å². The summed E-state index contributed by atoms with van der Waals surface area (Å²) in [6.45, 7) is 4.21. The van der Waals surface area contributed by atoms with Gasteiger partial charge in [-0.25, -0.2) is 4.98 Å². The van der Waals surface area contributed by atoms with Gasteiger partial charge >= 0.3 is 0 Å². The predicted octanol–water partition coefficient (Wildman–Crippen LogP) is 4.04. The average Bonchev–Trinajstić information content (AvgIpc) is 2.98. The molecule has 0 aliphatic heterocycles. The van der Waals surface area contributed by atoms with Crippen LogP contribution in [0.2, 0.25) is 0 Å². The van der Waals surface area contributed by atoms with E-state index in [4.69, 9.17) is 4.98 Å².